The van der Waals surface area contributed by atoms with Crippen molar-refractivity contribution in [1.82, 2.24) is 14.8 Å². The van der Waals surface area contributed by atoms with Gasteiger partial charge in [-0.3, -0.25) is 4.79 Å². The van der Waals surface area contributed by atoms with E-state index in [1.54, 1.807) is 31.2 Å². The number of nitrogens with zero attached hydrogens (tertiary/aromatic N) is 3. The fraction of sp³-hybridized carbons (Fsp3) is 0.250. The van der Waals surface area contributed by atoms with Crippen LogP contribution in [0.15, 0.2) is 47.6 Å². The van der Waals surface area contributed by atoms with Crippen molar-refractivity contribution in [2.45, 2.75) is 31.7 Å². The molecule has 0 spiro atoms. The number of benzene rings is 2. The molecule has 0 aliphatic rings. The van der Waals surface area contributed by atoms with Crippen molar-refractivity contribution in [2.24, 2.45) is 0 Å². The van der Waals surface area contributed by atoms with Crippen LogP contribution in [0.2, 0.25) is 10.0 Å². The molecule has 30 heavy (non-hydrogen) atoms. The first-order valence-electron chi connectivity index (χ1n) is 9.10. The van der Waals surface area contributed by atoms with E-state index in [1.807, 2.05) is 11.5 Å². The Morgan fingerprint density at radius 1 is 1.23 bits per heavy atom. The molecule has 0 saturated carbocycles. The van der Waals surface area contributed by atoms with Gasteiger partial charge in [0.05, 0.1) is 10.8 Å². The van der Waals surface area contributed by atoms with Crippen molar-refractivity contribution in [3.8, 4) is 5.75 Å². The van der Waals surface area contributed by atoms with Gasteiger partial charge in [-0.05, 0) is 56.3 Å². The Morgan fingerprint density at radius 2 is 1.97 bits per heavy atom. The molecular weight excluding hydrogens is 450 g/mol. The normalized spacial score (nSPS) is 11.9. The highest BCUT2D eigenvalue weighted by Gasteiger charge is 2.20. The van der Waals surface area contributed by atoms with Crippen LogP contribution in [-0.4, -0.2) is 26.4 Å². The number of ether oxygens (including phenoxy) is 1. The highest BCUT2D eigenvalue weighted by Crippen LogP contribution is 2.30. The van der Waals surface area contributed by atoms with Crippen LogP contribution in [0.1, 0.15) is 25.8 Å². The molecule has 158 valence electrons. The number of halogens is 3. The van der Waals surface area contributed by atoms with Crippen LogP contribution in [-0.2, 0) is 11.3 Å². The summed E-state index contributed by atoms with van der Waals surface area (Å²) in [5, 5.41) is 12.6. The monoisotopic (exact) mass is 468 g/mol. The summed E-state index contributed by atoms with van der Waals surface area (Å²) in [7, 11) is 0. The molecule has 1 N–H and O–H groups in total. The Hall–Kier alpha value is -2.29. The molecule has 3 rings (SSSR count). The predicted octanol–water partition coefficient (Wildman–Crippen LogP) is 5.61. The van der Waals surface area contributed by atoms with Crippen LogP contribution in [0.5, 0.6) is 5.75 Å². The molecule has 2 aromatic carbocycles. The lowest BCUT2D eigenvalue weighted by Crippen LogP contribution is -2.15. The molecule has 6 nitrogen and oxygen atoms in total. The number of amides is 1. The molecule has 10 heteroatoms. The number of rotatable bonds is 8. The Labute approximate surface area is 187 Å². The van der Waals surface area contributed by atoms with Crippen molar-refractivity contribution < 1.29 is 13.9 Å². The maximum atomic E-state index is 13.2. The highest BCUT2D eigenvalue weighted by molar-refractivity contribution is 7.99. The fourth-order valence-corrected chi connectivity index (χ4v) is 3.83. The van der Waals surface area contributed by atoms with Crippen LogP contribution in [0, 0.1) is 5.82 Å². The average Bonchev–Trinajstić information content (AvgIpc) is 3.13. The van der Waals surface area contributed by atoms with Crippen LogP contribution in [0.4, 0.5) is 10.1 Å². The summed E-state index contributed by atoms with van der Waals surface area (Å²) in [5.41, 5.74) is 0.667. The molecule has 1 amide bonds. The molecule has 1 atom stereocenters. The molecule has 3 aromatic rings. The molecule has 0 aliphatic heterocycles. The van der Waals surface area contributed by atoms with E-state index in [0.29, 0.717) is 34.0 Å². The van der Waals surface area contributed by atoms with Gasteiger partial charge in [0.15, 0.2) is 17.1 Å². The first-order valence-corrected chi connectivity index (χ1v) is 10.8. The van der Waals surface area contributed by atoms with Crippen LogP contribution in [0.3, 0.4) is 0 Å². The summed E-state index contributed by atoms with van der Waals surface area (Å²) < 4.78 is 20.9. The lowest BCUT2D eigenvalue weighted by Gasteiger charge is -2.16. The summed E-state index contributed by atoms with van der Waals surface area (Å²) in [6.45, 7) is 4.34. The number of carbonyl (C=O) groups is 1. The SMILES string of the molecule is CCn1c(SCC(=O)Nc2ccc(Cl)cc2)nnc1C(C)Oc1ccc(F)cc1Cl. The summed E-state index contributed by atoms with van der Waals surface area (Å²) in [6.07, 6.45) is -0.474. The topological polar surface area (TPSA) is 69.0 Å². The number of carbonyl (C=O) groups excluding carboxylic acids is 1. The Morgan fingerprint density at radius 3 is 2.63 bits per heavy atom. The van der Waals surface area contributed by atoms with E-state index in [9.17, 15) is 9.18 Å². The fourth-order valence-electron chi connectivity index (χ4n) is 2.68. The number of anilines is 1. The van der Waals surface area contributed by atoms with E-state index in [2.05, 4.69) is 15.5 Å². The molecule has 1 aromatic heterocycles. The third kappa shape index (κ3) is 5.65. The second-order valence-corrected chi connectivity index (χ2v) is 8.05. The lowest BCUT2D eigenvalue weighted by atomic mass is 10.3. The maximum absolute atomic E-state index is 13.2. The van der Waals surface area contributed by atoms with Crippen LogP contribution >= 0.6 is 35.0 Å². The predicted molar refractivity (Wildman–Crippen MR) is 117 cm³/mol. The minimum atomic E-state index is -0.474. The zero-order chi connectivity index (χ0) is 21.7. The molecule has 0 radical (unpaired) electrons. The molecule has 0 bridgehead atoms. The number of thioether (sulfide) groups is 1. The number of hydrogen-bond acceptors (Lipinski definition) is 5. The van der Waals surface area contributed by atoms with E-state index < -0.39 is 11.9 Å². The van der Waals surface area contributed by atoms with Crippen molar-refractivity contribution in [1.29, 1.82) is 0 Å². The lowest BCUT2D eigenvalue weighted by molar-refractivity contribution is -0.113. The quantitative estimate of drug-likeness (QED) is 0.434. The van der Waals surface area contributed by atoms with Gasteiger partial charge in [-0.2, -0.15) is 0 Å². The average molecular weight is 469 g/mol. The van der Waals surface area contributed by atoms with Gasteiger partial charge in [0, 0.05) is 17.3 Å². The van der Waals surface area contributed by atoms with E-state index in [0.717, 1.165) is 0 Å². The molecule has 0 saturated heterocycles. The van der Waals surface area contributed by atoms with Crippen LogP contribution in [0.25, 0.3) is 0 Å². The van der Waals surface area contributed by atoms with Gasteiger partial charge >= 0.3 is 0 Å². The molecule has 0 aliphatic carbocycles. The van der Waals surface area contributed by atoms with Gasteiger partial charge in [-0.1, -0.05) is 35.0 Å². The summed E-state index contributed by atoms with van der Waals surface area (Å²) >= 11 is 13.2. The van der Waals surface area contributed by atoms with Crippen molar-refractivity contribution >= 4 is 46.6 Å². The second-order valence-electron chi connectivity index (χ2n) is 6.26. The smallest absolute Gasteiger partial charge is 0.234 e. The Bertz CT molecular complexity index is 1030. The molecule has 1 heterocycles. The van der Waals surface area contributed by atoms with Crippen molar-refractivity contribution in [3.05, 3.63) is 64.2 Å². The van der Waals surface area contributed by atoms with E-state index in [4.69, 9.17) is 27.9 Å². The van der Waals surface area contributed by atoms with Gasteiger partial charge in [0.25, 0.3) is 0 Å². The largest absolute Gasteiger partial charge is 0.481 e. The van der Waals surface area contributed by atoms with E-state index in [1.165, 1.54) is 30.0 Å². The van der Waals surface area contributed by atoms with Gasteiger partial charge in [0.1, 0.15) is 11.6 Å². The zero-order valence-corrected chi connectivity index (χ0v) is 18.6. The number of nitrogens with one attached hydrogen (secondary N) is 1. The summed E-state index contributed by atoms with van der Waals surface area (Å²) in [6, 6.07) is 10.8. The highest BCUT2D eigenvalue weighted by atomic mass is 35.5. The van der Waals surface area contributed by atoms with Gasteiger partial charge in [-0.25, -0.2) is 4.39 Å². The Kier molecular flexibility index (Phi) is 7.58. The molecule has 0 fully saturated rings. The minimum Gasteiger partial charge on any atom is -0.481 e. The van der Waals surface area contributed by atoms with Gasteiger partial charge in [-0.15, -0.1) is 10.2 Å². The third-order valence-corrected chi connectivity index (χ3v) is 5.60. The molecule has 1 unspecified atom stereocenters. The first-order chi connectivity index (χ1) is 14.4. The third-order valence-electron chi connectivity index (χ3n) is 4.08. The van der Waals surface area contributed by atoms with Crippen molar-refractivity contribution in [3.63, 3.8) is 0 Å². The first kappa shape index (κ1) is 22.4. The molecular formula is C20H19Cl2FN4O2S. The minimum absolute atomic E-state index is 0.166. The van der Waals surface area contributed by atoms with Gasteiger partial charge in [0.2, 0.25) is 5.91 Å². The summed E-state index contributed by atoms with van der Waals surface area (Å²) in [5.74, 6) is 0.496. The number of aromatic nitrogens is 3. The zero-order valence-electron chi connectivity index (χ0n) is 16.2. The van der Waals surface area contributed by atoms with E-state index in [-0.39, 0.29) is 16.7 Å². The van der Waals surface area contributed by atoms with Crippen molar-refractivity contribution in [2.75, 3.05) is 11.1 Å². The van der Waals surface area contributed by atoms with Crippen LogP contribution < -0.4 is 10.1 Å². The van der Waals surface area contributed by atoms with E-state index >= 15 is 0 Å². The summed E-state index contributed by atoms with van der Waals surface area (Å²) in [4.78, 5) is 12.2. The second kappa shape index (κ2) is 10.1. The number of hydrogen-bond donors (Lipinski definition) is 1. The standard InChI is InChI=1S/C20H19Cl2FN4O2S/c1-3-27-19(12(2)29-17-9-6-14(23)10-16(17)22)25-26-20(27)30-11-18(28)24-15-7-4-13(21)5-8-15/h4-10,12H,3,11H2,1-2H3,(H,24,28). The van der Waals surface area contributed by atoms with Gasteiger partial charge < -0.3 is 14.6 Å². The maximum Gasteiger partial charge on any atom is 0.234 e. The Balaban J connectivity index is 1.64.